The van der Waals surface area contributed by atoms with Crippen molar-refractivity contribution in [2.24, 2.45) is 35.5 Å². The number of carbonyl (C=O) groups is 2. The molecule has 4 aromatic heterocycles. The number of hydrogen-bond acceptors (Lipinski definition) is 8. The van der Waals surface area contributed by atoms with Crippen molar-refractivity contribution in [3.05, 3.63) is 48.3 Å². The third kappa shape index (κ3) is 8.90. The number of fused-ring (bicyclic) bond motifs is 2. The molecular weight excluding hydrogens is 628 g/mol. The number of carbonyl (C=O) groups excluding carboxylic acids is 2. The Bertz CT molecular complexity index is 1600. The number of nitrogens with zero attached hydrogens (tertiary/aromatic N) is 6. The van der Waals surface area contributed by atoms with Gasteiger partial charge in [-0.25, -0.2) is 19.9 Å². The van der Waals surface area contributed by atoms with Crippen LogP contribution in [0, 0.1) is 35.5 Å². The molecule has 0 radical (unpaired) electrons. The molecule has 0 spiro atoms. The molecule has 272 valence electrons. The van der Waals surface area contributed by atoms with Gasteiger partial charge < -0.3 is 18.6 Å². The number of pyridine rings is 2. The maximum Gasteiger partial charge on any atom is 0.326 e. The van der Waals surface area contributed by atoms with E-state index in [1.807, 2.05) is 47.2 Å². The maximum atomic E-state index is 12.7. The van der Waals surface area contributed by atoms with Crippen LogP contribution < -0.4 is 0 Å². The van der Waals surface area contributed by atoms with Gasteiger partial charge >= 0.3 is 11.9 Å². The predicted octanol–water partition coefficient (Wildman–Crippen LogP) is 8.00. The second-order valence-corrected chi connectivity index (χ2v) is 15.3. The molecule has 4 aromatic rings. The van der Waals surface area contributed by atoms with Gasteiger partial charge in [-0.15, -0.1) is 0 Å². The molecule has 0 amide bonds. The van der Waals surface area contributed by atoms with Crippen molar-refractivity contribution < 1.29 is 19.1 Å². The number of ether oxygens (including phenoxy) is 2. The Labute approximate surface area is 297 Å². The van der Waals surface area contributed by atoms with Gasteiger partial charge in [0.05, 0.1) is 5.52 Å². The molecule has 0 N–H and O–H groups in total. The Morgan fingerprint density at radius 2 is 1.26 bits per heavy atom. The summed E-state index contributed by atoms with van der Waals surface area (Å²) in [5.74, 6) is 4.66. The van der Waals surface area contributed by atoms with Gasteiger partial charge in [-0.2, -0.15) is 0 Å². The molecule has 6 rings (SSSR count). The average molecular weight is 687 g/mol. The largest absolute Gasteiger partial charge is 0.461 e. The topological polar surface area (TPSA) is 114 Å². The number of rotatable bonds is 10. The van der Waals surface area contributed by atoms with Crippen molar-refractivity contribution in [1.82, 2.24) is 29.1 Å². The van der Waals surface area contributed by atoms with Crippen LogP contribution in [0.25, 0.3) is 22.3 Å². The Morgan fingerprint density at radius 3 is 1.82 bits per heavy atom. The van der Waals surface area contributed by atoms with E-state index in [9.17, 15) is 9.59 Å². The number of aromatic nitrogens is 6. The minimum absolute atomic E-state index is 0.0315. The van der Waals surface area contributed by atoms with E-state index in [-0.39, 0.29) is 37.2 Å². The van der Waals surface area contributed by atoms with Crippen molar-refractivity contribution >= 4 is 34.3 Å². The molecule has 10 nitrogen and oxygen atoms in total. The van der Waals surface area contributed by atoms with E-state index in [2.05, 4.69) is 61.5 Å². The zero-order valence-electron chi connectivity index (χ0n) is 31.5. The van der Waals surface area contributed by atoms with Crippen LogP contribution in [-0.2, 0) is 45.0 Å². The molecule has 0 saturated heterocycles. The summed E-state index contributed by atoms with van der Waals surface area (Å²) in [6.07, 6.45) is 11.8. The minimum atomic E-state index is -0.176. The fourth-order valence-corrected chi connectivity index (χ4v) is 8.07. The van der Waals surface area contributed by atoms with Crippen LogP contribution >= 0.6 is 0 Å². The molecule has 2 fully saturated rings. The molecule has 10 heteroatoms. The standard InChI is InChI=1S/2C20H29N3O2/c1-5-18-22-20-16(7-6-10-21-20)23(18)12-19(24)25-17-11-14(4)8-9-15(17)13(2)3;1-5-18-22-16-7-6-10-21-20(16)23(18)12-19(24)25-17-11-14(4)8-9-15(17)13(2)3/h2*6-7,10,13-15,17H,5,8-9,11-12H2,1-4H3/t2*14-,15+,17?/m11/s1. The monoisotopic (exact) mass is 686 g/mol. The van der Waals surface area contributed by atoms with Crippen LogP contribution in [0.3, 0.4) is 0 Å². The van der Waals surface area contributed by atoms with Crippen LogP contribution in [0.15, 0.2) is 36.7 Å². The first-order chi connectivity index (χ1) is 24.0. The summed E-state index contributed by atoms with van der Waals surface area (Å²) < 4.78 is 15.7. The van der Waals surface area contributed by atoms with Crippen LogP contribution in [0.2, 0.25) is 0 Å². The normalized spacial score (nSPS) is 24.0. The lowest BCUT2D eigenvalue weighted by atomic mass is 9.75. The Hall–Kier alpha value is -3.82. The zero-order valence-corrected chi connectivity index (χ0v) is 31.5. The van der Waals surface area contributed by atoms with E-state index < -0.39 is 0 Å². The van der Waals surface area contributed by atoms with Crippen LogP contribution in [0.4, 0.5) is 0 Å². The summed E-state index contributed by atoms with van der Waals surface area (Å²) in [4.78, 5) is 43.1. The van der Waals surface area contributed by atoms with Crippen LogP contribution in [-0.4, -0.2) is 53.2 Å². The molecule has 2 aliphatic rings. The molecule has 6 atom stereocenters. The minimum Gasteiger partial charge on any atom is -0.461 e. The van der Waals surface area contributed by atoms with Crippen molar-refractivity contribution in [1.29, 1.82) is 0 Å². The highest BCUT2D eigenvalue weighted by atomic mass is 16.5. The smallest absolute Gasteiger partial charge is 0.326 e. The third-order valence-electron chi connectivity index (χ3n) is 10.9. The first-order valence-electron chi connectivity index (χ1n) is 19.0. The fourth-order valence-electron chi connectivity index (χ4n) is 8.07. The second kappa shape index (κ2) is 16.9. The third-order valence-corrected chi connectivity index (χ3v) is 10.9. The molecular formula is C40H58N6O4. The predicted molar refractivity (Wildman–Crippen MR) is 196 cm³/mol. The Morgan fingerprint density at radius 1 is 0.740 bits per heavy atom. The van der Waals surface area contributed by atoms with Gasteiger partial charge in [0.2, 0.25) is 0 Å². The maximum absolute atomic E-state index is 12.7. The van der Waals surface area contributed by atoms with E-state index in [0.717, 1.165) is 66.9 Å². The van der Waals surface area contributed by atoms with Gasteiger partial charge in [0, 0.05) is 25.2 Å². The molecule has 4 heterocycles. The number of esters is 2. The van der Waals surface area contributed by atoms with Gasteiger partial charge in [-0.05, 0) is 85.5 Å². The summed E-state index contributed by atoms with van der Waals surface area (Å²) in [7, 11) is 0. The number of aryl methyl sites for hydroxylation is 2. The van der Waals surface area contributed by atoms with Crippen LogP contribution in [0.5, 0.6) is 0 Å². The first kappa shape index (κ1) is 37.4. The molecule has 0 bridgehead atoms. The van der Waals surface area contributed by atoms with E-state index in [4.69, 9.17) is 9.47 Å². The van der Waals surface area contributed by atoms with Crippen molar-refractivity contribution in [3.63, 3.8) is 0 Å². The highest BCUT2D eigenvalue weighted by Crippen LogP contribution is 2.36. The quantitative estimate of drug-likeness (QED) is 0.154. The van der Waals surface area contributed by atoms with E-state index in [0.29, 0.717) is 41.2 Å². The summed E-state index contributed by atoms with van der Waals surface area (Å²) >= 11 is 0. The fraction of sp³-hybridized carbons (Fsp3) is 0.650. The van der Waals surface area contributed by atoms with Gasteiger partial charge in [0.1, 0.15) is 42.5 Å². The lowest BCUT2D eigenvalue weighted by molar-refractivity contribution is -0.157. The SMILES string of the molecule is CCc1nc2cccnc2n1CC(=O)OC1C[C@H](C)CC[C@H]1C(C)C.CCc1nc2ncccc2n1CC(=O)OC1C[C@H](C)CC[C@H]1C(C)C. The van der Waals surface area contributed by atoms with E-state index in [1.54, 1.807) is 12.4 Å². The Balaban J connectivity index is 0.000000194. The first-order valence-corrected chi connectivity index (χ1v) is 19.0. The van der Waals surface area contributed by atoms with Gasteiger partial charge in [0.15, 0.2) is 11.3 Å². The van der Waals surface area contributed by atoms with Gasteiger partial charge in [0.25, 0.3) is 0 Å². The molecule has 0 aromatic carbocycles. The van der Waals surface area contributed by atoms with Crippen molar-refractivity contribution in [3.8, 4) is 0 Å². The summed E-state index contributed by atoms with van der Waals surface area (Å²) in [6.45, 7) is 17.9. The molecule has 2 aliphatic carbocycles. The summed E-state index contributed by atoms with van der Waals surface area (Å²) in [5, 5.41) is 0. The highest BCUT2D eigenvalue weighted by Gasteiger charge is 2.35. The van der Waals surface area contributed by atoms with Crippen LogP contribution in [0.1, 0.15) is 106 Å². The molecule has 50 heavy (non-hydrogen) atoms. The van der Waals surface area contributed by atoms with E-state index in [1.165, 1.54) is 12.8 Å². The zero-order chi connectivity index (χ0) is 35.9. The number of imidazole rings is 2. The van der Waals surface area contributed by atoms with Crippen molar-refractivity contribution in [2.75, 3.05) is 0 Å². The lowest BCUT2D eigenvalue weighted by Crippen LogP contribution is -2.36. The van der Waals surface area contributed by atoms with E-state index >= 15 is 0 Å². The lowest BCUT2D eigenvalue weighted by Gasteiger charge is -2.36. The van der Waals surface area contributed by atoms with Gasteiger partial charge in [-0.3, -0.25) is 9.59 Å². The highest BCUT2D eigenvalue weighted by molar-refractivity contribution is 5.77. The average Bonchev–Trinajstić information content (AvgIpc) is 3.62. The molecule has 0 aliphatic heterocycles. The second-order valence-electron chi connectivity index (χ2n) is 15.3. The molecule has 2 unspecified atom stereocenters. The Kier molecular flexibility index (Phi) is 12.7. The summed E-state index contributed by atoms with van der Waals surface area (Å²) in [5.41, 5.74) is 3.18. The van der Waals surface area contributed by atoms with Gasteiger partial charge in [-0.1, -0.05) is 68.2 Å². The molecule has 2 saturated carbocycles. The van der Waals surface area contributed by atoms with Crippen molar-refractivity contribution in [2.45, 2.75) is 132 Å². The summed E-state index contributed by atoms with van der Waals surface area (Å²) in [6, 6.07) is 7.64. The number of hydrogen-bond donors (Lipinski definition) is 0.